The highest BCUT2D eigenvalue weighted by molar-refractivity contribution is 6.32. The molecule has 0 spiro atoms. The van der Waals surface area contributed by atoms with Crippen LogP contribution in [0.1, 0.15) is 17.2 Å². The molecule has 0 unspecified atom stereocenters. The Kier molecular flexibility index (Phi) is 5.55. The topological polar surface area (TPSA) is 80.5 Å². The minimum atomic E-state index is -4.87. The van der Waals surface area contributed by atoms with Crippen molar-refractivity contribution in [2.45, 2.75) is 18.9 Å². The Morgan fingerprint density at radius 1 is 1.31 bits per heavy atom. The second kappa shape index (κ2) is 8.06. The molecule has 1 saturated heterocycles. The quantitative estimate of drug-likeness (QED) is 0.452. The van der Waals surface area contributed by atoms with Gasteiger partial charge in [-0.2, -0.15) is 5.10 Å². The Morgan fingerprint density at radius 3 is 2.62 bits per heavy atom. The van der Waals surface area contributed by atoms with Crippen LogP contribution in [0.3, 0.4) is 0 Å². The highest BCUT2D eigenvalue weighted by Crippen LogP contribution is 2.36. The molecule has 7 nitrogen and oxygen atoms in total. The van der Waals surface area contributed by atoms with Crippen LogP contribution in [0.5, 0.6) is 5.75 Å². The lowest BCUT2D eigenvalue weighted by molar-refractivity contribution is -0.274. The van der Waals surface area contributed by atoms with E-state index >= 15 is 0 Å². The van der Waals surface area contributed by atoms with E-state index in [1.54, 1.807) is 6.07 Å². The molecule has 1 aliphatic rings. The van der Waals surface area contributed by atoms with Gasteiger partial charge in [-0.15, -0.1) is 13.2 Å². The third-order valence-electron chi connectivity index (χ3n) is 5.02. The summed E-state index contributed by atoms with van der Waals surface area (Å²) in [6, 6.07) is 5.00. The van der Waals surface area contributed by atoms with E-state index < -0.39 is 23.8 Å². The van der Waals surface area contributed by atoms with E-state index in [0.717, 1.165) is 12.1 Å². The first-order valence-corrected chi connectivity index (χ1v) is 9.63. The highest BCUT2D eigenvalue weighted by atomic mass is 35.5. The molecule has 1 amide bonds. The molecular formula is C20H15ClF4N4O3. The minimum Gasteiger partial charge on any atom is -0.406 e. The lowest BCUT2D eigenvalue weighted by Gasteiger charge is -2.38. The van der Waals surface area contributed by atoms with Gasteiger partial charge in [0.15, 0.2) is 11.5 Å². The summed E-state index contributed by atoms with van der Waals surface area (Å²) in [6.45, 7) is 3.04. The maximum absolute atomic E-state index is 13.1. The Morgan fingerprint density at radius 2 is 2.03 bits per heavy atom. The number of carbonyl (C=O) groups is 1. The zero-order valence-corrected chi connectivity index (χ0v) is 17.0. The number of aliphatic hydroxyl groups excluding tert-OH is 1. The molecule has 12 heteroatoms. The normalized spacial score (nSPS) is 14.5. The standard InChI is InChI=1S/C20H15ClF4N4O3/c1-10(22)19(31)28-7-12(8-28)17-16-11(9-30)4-5-26-18(16)29(27-17)15-3-2-13(6-14(15)21)32-20(23,24)25/h2-6,12,30H,1,7-9H2. The number of pyridine rings is 1. The number of halogens is 5. The van der Waals surface area contributed by atoms with Crippen LogP contribution in [0.25, 0.3) is 16.7 Å². The Hall–Kier alpha value is -3.18. The molecule has 32 heavy (non-hydrogen) atoms. The summed E-state index contributed by atoms with van der Waals surface area (Å²) >= 11 is 6.21. The van der Waals surface area contributed by atoms with Crippen LogP contribution in [0.4, 0.5) is 17.6 Å². The molecule has 0 radical (unpaired) electrons. The van der Waals surface area contributed by atoms with Crippen molar-refractivity contribution in [2.24, 2.45) is 0 Å². The average molecular weight is 471 g/mol. The SMILES string of the molecule is C=C(F)C(=O)N1CC(c2nn(-c3ccc(OC(F)(F)F)cc3Cl)c3nccc(CO)c23)C1. The highest BCUT2D eigenvalue weighted by Gasteiger charge is 2.37. The second-order valence-corrected chi connectivity index (χ2v) is 7.50. The van der Waals surface area contributed by atoms with Gasteiger partial charge in [0.25, 0.3) is 5.91 Å². The fourth-order valence-electron chi connectivity index (χ4n) is 3.56. The molecular weight excluding hydrogens is 456 g/mol. The summed E-state index contributed by atoms with van der Waals surface area (Å²) in [5.41, 5.74) is 1.57. The van der Waals surface area contributed by atoms with E-state index in [4.69, 9.17) is 11.6 Å². The summed E-state index contributed by atoms with van der Waals surface area (Å²) in [7, 11) is 0. The zero-order valence-electron chi connectivity index (χ0n) is 16.2. The maximum atomic E-state index is 13.1. The molecule has 3 heterocycles. The number of fused-ring (bicyclic) bond motifs is 1. The third-order valence-corrected chi connectivity index (χ3v) is 5.32. The fraction of sp³-hybridized carbons (Fsp3) is 0.250. The van der Waals surface area contributed by atoms with Crippen molar-refractivity contribution in [3.63, 3.8) is 0 Å². The van der Waals surface area contributed by atoms with Crippen molar-refractivity contribution in [1.29, 1.82) is 0 Å². The smallest absolute Gasteiger partial charge is 0.406 e. The van der Waals surface area contributed by atoms with Crippen molar-refractivity contribution in [1.82, 2.24) is 19.7 Å². The Labute approximate surface area is 183 Å². The van der Waals surface area contributed by atoms with Crippen LogP contribution in [0, 0.1) is 0 Å². The zero-order chi connectivity index (χ0) is 23.2. The van der Waals surface area contributed by atoms with Crippen LogP contribution in [-0.4, -0.2) is 50.1 Å². The van der Waals surface area contributed by atoms with Gasteiger partial charge < -0.3 is 14.7 Å². The largest absolute Gasteiger partial charge is 0.573 e. The van der Waals surface area contributed by atoms with Crippen molar-refractivity contribution < 1.29 is 32.2 Å². The van der Waals surface area contributed by atoms with Crippen LogP contribution >= 0.6 is 11.6 Å². The van der Waals surface area contributed by atoms with Crippen molar-refractivity contribution in [3.05, 3.63) is 59.1 Å². The molecule has 0 atom stereocenters. The van der Waals surface area contributed by atoms with Crippen molar-refractivity contribution >= 4 is 28.5 Å². The van der Waals surface area contributed by atoms with Gasteiger partial charge in [0, 0.05) is 36.7 Å². The molecule has 1 fully saturated rings. The van der Waals surface area contributed by atoms with Crippen LogP contribution in [-0.2, 0) is 11.4 Å². The molecule has 168 valence electrons. The number of likely N-dealkylation sites (tertiary alicyclic amines) is 1. The van der Waals surface area contributed by atoms with Gasteiger partial charge >= 0.3 is 6.36 Å². The number of carbonyl (C=O) groups excluding carboxylic acids is 1. The van der Waals surface area contributed by atoms with E-state index in [2.05, 4.69) is 21.4 Å². The first-order valence-electron chi connectivity index (χ1n) is 9.25. The number of rotatable bonds is 5. The number of aliphatic hydroxyl groups is 1. The van der Waals surface area contributed by atoms with Crippen LogP contribution < -0.4 is 4.74 Å². The minimum absolute atomic E-state index is 0.0713. The monoisotopic (exact) mass is 470 g/mol. The van der Waals surface area contributed by atoms with Gasteiger partial charge in [0.1, 0.15) is 5.75 Å². The number of hydrogen-bond donors (Lipinski definition) is 1. The number of ether oxygens (including phenoxy) is 1. The first kappa shape index (κ1) is 22.0. The van der Waals surface area contributed by atoms with Gasteiger partial charge in [0.2, 0.25) is 0 Å². The van der Waals surface area contributed by atoms with Crippen molar-refractivity contribution in [3.8, 4) is 11.4 Å². The first-order chi connectivity index (χ1) is 15.1. The van der Waals surface area contributed by atoms with Crippen LogP contribution in [0.2, 0.25) is 5.02 Å². The van der Waals surface area contributed by atoms with Crippen LogP contribution in [0.15, 0.2) is 42.9 Å². The number of aromatic nitrogens is 3. The lowest BCUT2D eigenvalue weighted by atomic mass is 9.93. The number of benzene rings is 1. The Bertz CT molecular complexity index is 1220. The number of nitrogens with zero attached hydrogens (tertiary/aromatic N) is 4. The molecule has 1 aromatic carbocycles. The molecule has 2 aromatic heterocycles. The lowest BCUT2D eigenvalue weighted by Crippen LogP contribution is -2.48. The number of hydrogen-bond acceptors (Lipinski definition) is 5. The summed E-state index contributed by atoms with van der Waals surface area (Å²) in [4.78, 5) is 17.3. The second-order valence-electron chi connectivity index (χ2n) is 7.10. The molecule has 0 aliphatic carbocycles. The van der Waals surface area contributed by atoms with Gasteiger partial charge in [-0.05, 0) is 23.8 Å². The van der Waals surface area contributed by atoms with E-state index in [1.165, 1.54) is 21.8 Å². The summed E-state index contributed by atoms with van der Waals surface area (Å²) in [5, 5.41) is 14.8. The third kappa shape index (κ3) is 4.00. The van der Waals surface area contributed by atoms with Gasteiger partial charge in [-0.25, -0.2) is 14.1 Å². The number of amides is 1. The Balaban J connectivity index is 1.76. The van der Waals surface area contributed by atoms with E-state index in [0.29, 0.717) is 22.3 Å². The van der Waals surface area contributed by atoms with E-state index in [-0.39, 0.29) is 36.3 Å². The van der Waals surface area contributed by atoms with Crippen molar-refractivity contribution in [2.75, 3.05) is 13.1 Å². The maximum Gasteiger partial charge on any atom is 0.573 e. The van der Waals surface area contributed by atoms with Gasteiger partial charge in [0.05, 0.1) is 23.0 Å². The average Bonchev–Trinajstić information content (AvgIpc) is 3.05. The molecule has 0 saturated carbocycles. The van der Waals surface area contributed by atoms with E-state index in [1.807, 2.05) is 0 Å². The predicted molar refractivity (Wildman–Crippen MR) is 106 cm³/mol. The summed E-state index contributed by atoms with van der Waals surface area (Å²) < 4.78 is 55.8. The van der Waals surface area contributed by atoms with Gasteiger partial charge in [-0.3, -0.25) is 4.79 Å². The molecule has 1 aliphatic heterocycles. The molecule has 0 bridgehead atoms. The molecule has 4 rings (SSSR count). The van der Waals surface area contributed by atoms with Gasteiger partial charge in [-0.1, -0.05) is 18.2 Å². The fourth-order valence-corrected chi connectivity index (χ4v) is 3.82. The van der Waals surface area contributed by atoms with E-state index in [9.17, 15) is 27.5 Å². The summed E-state index contributed by atoms with van der Waals surface area (Å²) in [6.07, 6.45) is -3.42. The predicted octanol–water partition coefficient (Wildman–Crippen LogP) is 3.87. The molecule has 1 N–H and O–H groups in total. The molecule has 3 aromatic rings. The summed E-state index contributed by atoms with van der Waals surface area (Å²) in [5.74, 6) is -2.65. The number of alkyl halides is 3.